The average Bonchev–Trinajstić information content (AvgIpc) is 2.29. The summed E-state index contributed by atoms with van der Waals surface area (Å²) in [5.74, 6) is 0.568. The van der Waals surface area contributed by atoms with Gasteiger partial charge < -0.3 is 5.11 Å². The molecule has 0 aliphatic rings. The zero-order valence-corrected chi connectivity index (χ0v) is 11.0. The van der Waals surface area contributed by atoms with Crippen molar-refractivity contribution in [2.75, 3.05) is 6.61 Å². The van der Waals surface area contributed by atoms with Crippen LogP contribution in [0.25, 0.3) is 0 Å². The summed E-state index contributed by atoms with van der Waals surface area (Å²) in [5.41, 5.74) is 0. The van der Waals surface area contributed by atoms with Crippen LogP contribution in [0.5, 0.6) is 0 Å². The molecule has 0 fully saturated rings. The summed E-state index contributed by atoms with van der Waals surface area (Å²) in [6.45, 7) is 4.72. The highest BCUT2D eigenvalue weighted by Gasteiger charge is 1.97. The fourth-order valence-corrected chi connectivity index (χ4v) is 1.72. The first-order valence-electron chi connectivity index (χ1n) is 6.79. The highest BCUT2D eigenvalue weighted by molar-refractivity contribution is 5.00. The van der Waals surface area contributed by atoms with Crippen LogP contribution < -0.4 is 0 Å². The third-order valence-corrected chi connectivity index (χ3v) is 2.66. The molecule has 0 aliphatic carbocycles. The molecule has 0 saturated heterocycles. The second-order valence-electron chi connectivity index (χ2n) is 4.32. The van der Waals surface area contributed by atoms with Crippen molar-refractivity contribution in [1.82, 2.24) is 0 Å². The van der Waals surface area contributed by atoms with Crippen LogP contribution in [0.4, 0.5) is 0 Å². The van der Waals surface area contributed by atoms with Crippen molar-refractivity contribution in [3.63, 3.8) is 0 Å². The lowest BCUT2D eigenvalue weighted by Crippen LogP contribution is -1.91. The molecular formula is C15H28O. The SMILES string of the molecule is CCCCC/C=C\[C@H](/C=C\CCO)CCC. The van der Waals surface area contributed by atoms with E-state index in [2.05, 4.69) is 38.2 Å². The molecule has 1 atom stereocenters. The molecule has 0 spiro atoms. The zero-order valence-electron chi connectivity index (χ0n) is 11.0. The Bertz CT molecular complexity index is 182. The van der Waals surface area contributed by atoms with Crippen molar-refractivity contribution in [2.24, 2.45) is 5.92 Å². The summed E-state index contributed by atoms with van der Waals surface area (Å²) in [7, 11) is 0. The van der Waals surface area contributed by atoms with Gasteiger partial charge in [0.05, 0.1) is 0 Å². The summed E-state index contributed by atoms with van der Waals surface area (Å²) in [6, 6.07) is 0. The first-order chi connectivity index (χ1) is 7.85. The smallest absolute Gasteiger partial charge is 0.0465 e. The summed E-state index contributed by atoms with van der Waals surface area (Å²) >= 11 is 0. The molecule has 0 radical (unpaired) electrons. The Balaban J connectivity index is 3.81. The van der Waals surface area contributed by atoms with E-state index in [1.54, 1.807) is 0 Å². The molecule has 0 amide bonds. The molecule has 94 valence electrons. The molecular weight excluding hydrogens is 196 g/mol. The van der Waals surface area contributed by atoms with Gasteiger partial charge in [0, 0.05) is 6.61 Å². The normalized spacial score (nSPS) is 13.9. The lowest BCUT2D eigenvalue weighted by Gasteiger charge is -2.05. The molecule has 0 bridgehead atoms. The number of hydrogen-bond donors (Lipinski definition) is 1. The largest absolute Gasteiger partial charge is 0.396 e. The van der Waals surface area contributed by atoms with Crippen molar-refractivity contribution in [2.45, 2.75) is 58.8 Å². The molecule has 0 aliphatic heterocycles. The van der Waals surface area contributed by atoms with E-state index in [0.717, 1.165) is 6.42 Å². The van der Waals surface area contributed by atoms with Gasteiger partial charge in [0.1, 0.15) is 0 Å². The molecule has 0 aromatic carbocycles. The predicted octanol–water partition coefficient (Wildman–Crippen LogP) is 4.48. The molecule has 0 unspecified atom stereocenters. The van der Waals surface area contributed by atoms with Crippen molar-refractivity contribution < 1.29 is 5.11 Å². The second-order valence-corrected chi connectivity index (χ2v) is 4.32. The number of allylic oxidation sites excluding steroid dienone is 3. The van der Waals surface area contributed by atoms with E-state index < -0.39 is 0 Å². The first kappa shape index (κ1) is 15.4. The van der Waals surface area contributed by atoms with E-state index in [-0.39, 0.29) is 6.61 Å². The van der Waals surface area contributed by atoms with Crippen LogP contribution in [-0.4, -0.2) is 11.7 Å². The van der Waals surface area contributed by atoms with Gasteiger partial charge in [0.15, 0.2) is 0 Å². The maximum atomic E-state index is 8.71. The summed E-state index contributed by atoms with van der Waals surface area (Å²) in [4.78, 5) is 0. The summed E-state index contributed by atoms with van der Waals surface area (Å²) in [6.07, 6.45) is 17.3. The van der Waals surface area contributed by atoms with E-state index in [0.29, 0.717) is 5.92 Å². The van der Waals surface area contributed by atoms with E-state index >= 15 is 0 Å². The molecule has 1 N–H and O–H groups in total. The lowest BCUT2D eigenvalue weighted by molar-refractivity contribution is 0.302. The summed E-state index contributed by atoms with van der Waals surface area (Å²) < 4.78 is 0. The Kier molecular flexibility index (Phi) is 12.1. The molecule has 1 nitrogen and oxygen atoms in total. The van der Waals surface area contributed by atoms with Crippen LogP contribution in [0.15, 0.2) is 24.3 Å². The molecule has 0 aromatic heterocycles. The van der Waals surface area contributed by atoms with Crippen LogP contribution in [0.3, 0.4) is 0 Å². The van der Waals surface area contributed by atoms with E-state index in [1.165, 1.54) is 38.5 Å². The fourth-order valence-electron chi connectivity index (χ4n) is 1.72. The Hall–Kier alpha value is -0.560. The third-order valence-electron chi connectivity index (χ3n) is 2.66. The van der Waals surface area contributed by atoms with Crippen molar-refractivity contribution in [3.8, 4) is 0 Å². The van der Waals surface area contributed by atoms with Crippen LogP contribution >= 0.6 is 0 Å². The van der Waals surface area contributed by atoms with Gasteiger partial charge in [-0.15, -0.1) is 0 Å². The highest BCUT2D eigenvalue weighted by atomic mass is 16.2. The topological polar surface area (TPSA) is 20.2 Å². The minimum atomic E-state index is 0.259. The third kappa shape index (κ3) is 9.97. The monoisotopic (exact) mass is 224 g/mol. The van der Waals surface area contributed by atoms with Crippen LogP contribution in [0.1, 0.15) is 58.8 Å². The van der Waals surface area contributed by atoms with Crippen molar-refractivity contribution >= 4 is 0 Å². The predicted molar refractivity (Wildman–Crippen MR) is 72.5 cm³/mol. The second kappa shape index (κ2) is 12.5. The number of unbranched alkanes of at least 4 members (excludes halogenated alkanes) is 3. The Labute approximate surface area is 101 Å². The molecule has 0 saturated carbocycles. The first-order valence-corrected chi connectivity index (χ1v) is 6.79. The van der Waals surface area contributed by atoms with Gasteiger partial charge in [-0.1, -0.05) is 57.4 Å². The zero-order chi connectivity index (χ0) is 12.1. The van der Waals surface area contributed by atoms with Crippen LogP contribution in [0.2, 0.25) is 0 Å². The van der Waals surface area contributed by atoms with Gasteiger partial charge >= 0.3 is 0 Å². The van der Waals surface area contributed by atoms with E-state index in [1.807, 2.05) is 0 Å². The van der Waals surface area contributed by atoms with Gasteiger partial charge in [-0.25, -0.2) is 0 Å². The minimum absolute atomic E-state index is 0.259. The lowest BCUT2D eigenvalue weighted by atomic mass is 10.0. The van der Waals surface area contributed by atoms with Gasteiger partial charge in [-0.3, -0.25) is 0 Å². The summed E-state index contributed by atoms with van der Waals surface area (Å²) in [5, 5.41) is 8.71. The van der Waals surface area contributed by atoms with Gasteiger partial charge in [-0.2, -0.15) is 0 Å². The van der Waals surface area contributed by atoms with Gasteiger partial charge in [-0.05, 0) is 31.6 Å². The molecule has 0 rings (SSSR count). The Morgan fingerprint density at radius 1 is 0.938 bits per heavy atom. The van der Waals surface area contributed by atoms with E-state index in [9.17, 15) is 0 Å². The molecule has 0 aromatic rings. The van der Waals surface area contributed by atoms with Crippen molar-refractivity contribution in [1.29, 1.82) is 0 Å². The molecule has 1 heteroatoms. The average molecular weight is 224 g/mol. The van der Waals surface area contributed by atoms with E-state index in [4.69, 9.17) is 5.11 Å². The number of aliphatic hydroxyl groups is 1. The highest BCUT2D eigenvalue weighted by Crippen LogP contribution is 2.11. The molecule has 16 heavy (non-hydrogen) atoms. The Morgan fingerprint density at radius 3 is 2.19 bits per heavy atom. The van der Waals surface area contributed by atoms with Crippen molar-refractivity contribution in [3.05, 3.63) is 24.3 Å². The standard InChI is InChI=1S/C15H28O/c1-3-5-6-7-8-12-15(11-4-2)13-9-10-14-16/h8-9,12-13,15-16H,3-7,10-11,14H2,1-2H3/b12-8-,13-9-/t15-/m1/s1. The van der Waals surface area contributed by atoms with Crippen LogP contribution in [0, 0.1) is 5.92 Å². The molecule has 0 heterocycles. The maximum Gasteiger partial charge on any atom is 0.0465 e. The Morgan fingerprint density at radius 2 is 1.62 bits per heavy atom. The van der Waals surface area contributed by atoms with Gasteiger partial charge in [0.2, 0.25) is 0 Å². The fraction of sp³-hybridized carbons (Fsp3) is 0.733. The van der Waals surface area contributed by atoms with Crippen LogP contribution in [-0.2, 0) is 0 Å². The number of aliphatic hydroxyl groups excluding tert-OH is 1. The number of rotatable bonds is 10. The maximum absolute atomic E-state index is 8.71. The van der Waals surface area contributed by atoms with Gasteiger partial charge in [0.25, 0.3) is 0 Å². The quantitative estimate of drug-likeness (QED) is 0.428. The number of hydrogen-bond acceptors (Lipinski definition) is 1. The minimum Gasteiger partial charge on any atom is -0.396 e.